The number of pyridine rings is 1. The SMILES string of the molecule is O=C(NCCN(Cc1ccccn1)Cc1cccs1)c1cccs1. The Hall–Kier alpha value is -2.02. The highest BCUT2D eigenvalue weighted by molar-refractivity contribution is 7.12. The molecular formula is C18H19N3OS2. The molecule has 3 aromatic heterocycles. The third-order valence-electron chi connectivity index (χ3n) is 3.53. The lowest BCUT2D eigenvalue weighted by atomic mass is 10.3. The van der Waals surface area contributed by atoms with Crippen LogP contribution in [0.15, 0.2) is 59.4 Å². The standard InChI is InChI=1S/C18H19N3OS2/c22-18(17-7-4-12-24-17)20-9-10-21(14-16-6-3-11-23-16)13-15-5-1-2-8-19-15/h1-8,11-12H,9-10,13-14H2,(H,20,22). The molecule has 24 heavy (non-hydrogen) atoms. The molecule has 0 saturated carbocycles. The van der Waals surface area contributed by atoms with Crippen LogP contribution < -0.4 is 5.32 Å². The minimum atomic E-state index is -0.00101. The average Bonchev–Trinajstić information content (AvgIpc) is 3.29. The van der Waals surface area contributed by atoms with Gasteiger partial charge in [-0.15, -0.1) is 22.7 Å². The van der Waals surface area contributed by atoms with Crippen LogP contribution in [0.4, 0.5) is 0 Å². The first-order valence-corrected chi connectivity index (χ1v) is 9.53. The second kappa shape index (κ2) is 8.73. The number of rotatable bonds is 8. The maximum atomic E-state index is 12.0. The molecule has 1 amide bonds. The van der Waals surface area contributed by atoms with Crippen LogP contribution in [0.2, 0.25) is 0 Å². The summed E-state index contributed by atoms with van der Waals surface area (Å²) in [5.74, 6) is -0.00101. The summed E-state index contributed by atoms with van der Waals surface area (Å²) in [5, 5.41) is 7.00. The van der Waals surface area contributed by atoms with E-state index in [1.54, 1.807) is 11.3 Å². The van der Waals surface area contributed by atoms with E-state index < -0.39 is 0 Å². The first-order valence-electron chi connectivity index (χ1n) is 7.77. The number of hydrogen-bond acceptors (Lipinski definition) is 5. The van der Waals surface area contributed by atoms with Gasteiger partial charge in [-0.25, -0.2) is 0 Å². The van der Waals surface area contributed by atoms with Crippen LogP contribution in [-0.2, 0) is 13.1 Å². The zero-order valence-corrected chi connectivity index (χ0v) is 14.9. The van der Waals surface area contributed by atoms with Crippen LogP contribution >= 0.6 is 22.7 Å². The van der Waals surface area contributed by atoms with Crippen LogP contribution in [0.5, 0.6) is 0 Å². The van der Waals surface area contributed by atoms with E-state index in [4.69, 9.17) is 0 Å². The van der Waals surface area contributed by atoms with Gasteiger partial charge in [-0.3, -0.25) is 14.7 Å². The number of hydrogen-bond donors (Lipinski definition) is 1. The van der Waals surface area contributed by atoms with Crippen molar-refractivity contribution in [2.45, 2.75) is 13.1 Å². The summed E-state index contributed by atoms with van der Waals surface area (Å²) in [7, 11) is 0. The highest BCUT2D eigenvalue weighted by Crippen LogP contribution is 2.13. The highest BCUT2D eigenvalue weighted by Gasteiger charge is 2.10. The van der Waals surface area contributed by atoms with Gasteiger partial charge < -0.3 is 5.32 Å². The van der Waals surface area contributed by atoms with E-state index >= 15 is 0 Å². The maximum absolute atomic E-state index is 12.0. The summed E-state index contributed by atoms with van der Waals surface area (Å²) in [5.41, 5.74) is 1.04. The van der Waals surface area contributed by atoms with E-state index in [-0.39, 0.29) is 5.91 Å². The summed E-state index contributed by atoms with van der Waals surface area (Å²) in [6, 6.07) is 13.9. The molecule has 0 fully saturated rings. The van der Waals surface area contributed by atoms with Crippen molar-refractivity contribution in [3.63, 3.8) is 0 Å². The molecule has 6 heteroatoms. The van der Waals surface area contributed by atoms with Crippen LogP contribution in [0.25, 0.3) is 0 Å². The summed E-state index contributed by atoms with van der Waals surface area (Å²) in [6.07, 6.45) is 1.82. The third kappa shape index (κ3) is 4.99. The number of nitrogens with one attached hydrogen (secondary N) is 1. The quantitative estimate of drug-likeness (QED) is 0.669. The Bertz CT molecular complexity index is 727. The van der Waals surface area contributed by atoms with E-state index in [1.165, 1.54) is 16.2 Å². The fourth-order valence-electron chi connectivity index (χ4n) is 2.38. The summed E-state index contributed by atoms with van der Waals surface area (Å²) >= 11 is 3.21. The topological polar surface area (TPSA) is 45.2 Å². The van der Waals surface area contributed by atoms with Crippen molar-refractivity contribution >= 4 is 28.6 Å². The first kappa shape index (κ1) is 16.8. The summed E-state index contributed by atoms with van der Waals surface area (Å²) < 4.78 is 0. The van der Waals surface area contributed by atoms with E-state index in [9.17, 15) is 4.79 Å². The van der Waals surface area contributed by atoms with Gasteiger partial charge >= 0.3 is 0 Å². The van der Waals surface area contributed by atoms with Crippen LogP contribution in [0.3, 0.4) is 0 Å². The van der Waals surface area contributed by atoms with Crippen molar-refractivity contribution in [2.24, 2.45) is 0 Å². The monoisotopic (exact) mass is 357 g/mol. The smallest absolute Gasteiger partial charge is 0.261 e. The predicted octanol–water partition coefficient (Wildman–Crippen LogP) is 3.64. The van der Waals surface area contributed by atoms with Gasteiger partial charge in [0.05, 0.1) is 10.6 Å². The normalized spacial score (nSPS) is 10.9. The molecule has 1 N–H and O–H groups in total. The van der Waals surface area contributed by atoms with Crippen molar-refractivity contribution in [3.8, 4) is 0 Å². The molecule has 4 nitrogen and oxygen atoms in total. The van der Waals surface area contributed by atoms with Crippen molar-refractivity contribution in [2.75, 3.05) is 13.1 Å². The number of thiophene rings is 2. The van der Waals surface area contributed by atoms with E-state index in [0.717, 1.165) is 30.2 Å². The molecular weight excluding hydrogens is 338 g/mol. The van der Waals surface area contributed by atoms with Gasteiger partial charge in [-0.05, 0) is 35.0 Å². The molecule has 0 saturated heterocycles. The van der Waals surface area contributed by atoms with E-state index in [0.29, 0.717) is 6.54 Å². The molecule has 3 aromatic rings. The van der Waals surface area contributed by atoms with Crippen molar-refractivity contribution in [3.05, 3.63) is 74.9 Å². The highest BCUT2D eigenvalue weighted by atomic mass is 32.1. The average molecular weight is 358 g/mol. The molecule has 0 aliphatic rings. The van der Waals surface area contributed by atoms with Crippen LogP contribution in [0.1, 0.15) is 20.2 Å². The predicted molar refractivity (Wildman–Crippen MR) is 99.3 cm³/mol. The molecule has 3 heterocycles. The Morgan fingerprint density at radius 3 is 2.62 bits per heavy atom. The Kier molecular flexibility index (Phi) is 6.12. The van der Waals surface area contributed by atoms with Gasteiger partial charge in [-0.1, -0.05) is 18.2 Å². The lowest BCUT2D eigenvalue weighted by molar-refractivity contribution is 0.0951. The van der Waals surface area contributed by atoms with Gasteiger partial charge in [0, 0.05) is 37.3 Å². The van der Waals surface area contributed by atoms with Crippen molar-refractivity contribution in [1.82, 2.24) is 15.2 Å². The van der Waals surface area contributed by atoms with E-state index in [2.05, 4.69) is 32.7 Å². The summed E-state index contributed by atoms with van der Waals surface area (Å²) in [4.78, 5) is 20.8. The fourth-order valence-corrected chi connectivity index (χ4v) is 3.77. The zero-order valence-electron chi connectivity index (χ0n) is 13.2. The first-order chi connectivity index (χ1) is 11.8. The number of amides is 1. The third-order valence-corrected chi connectivity index (χ3v) is 5.26. The van der Waals surface area contributed by atoms with Gasteiger partial charge in [-0.2, -0.15) is 0 Å². The van der Waals surface area contributed by atoms with Gasteiger partial charge in [0.2, 0.25) is 0 Å². The summed E-state index contributed by atoms with van der Waals surface area (Å²) in [6.45, 7) is 3.04. The minimum Gasteiger partial charge on any atom is -0.350 e. The Balaban J connectivity index is 1.56. The number of nitrogens with zero attached hydrogens (tertiary/aromatic N) is 2. The molecule has 0 unspecified atom stereocenters. The zero-order chi connectivity index (χ0) is 16.6. The van der Waals surface area contributed by atoms with Crippen molar-refractivity contribution < 1.29 is 4.79 Å². The Labute approximate surface area is 149 Å². The molecule has 0 bridgehead atoms. The fraction of sp³-hybridized carbons (Fsp3) is 0.222. The van der Waals surface area contributed by atoms with Crippen LogP contribution in [-0.4, -0.2) is 28.9 Å². The molecule has 0 aliphatic carbocycles. The molecule has 0 aliphatic heterocycles. The minimum absolute atomic E-state index is 0.00101. The van der Waals surface area contributed by atoms with E-state index in [1.807, 2.05) is 41.9 Å². The maximum Gasteiger partial charge on any atom is 0.261 e. The van der Waals surface area contributed by atoms with Gasteiger partial charge in [0.25, 0.3) is 5.91 Å². The molecule has 0 radical (unpaired) electrons. The van der Waals surface area contributed by atoms with Gasteiger partial charge in [0.15, 0.2) is 0 Å². The number of carbonyl (C=O) groups excluding carboxylic acids is 1. The second-order valence-corrected chi connectivity index (χ2v) is 7.32. The molecule has 0 spiro atoms. The van der Waals surface area contributed by atoms with Crippen molar-refractivity contribution in [1.29, 1.82) is 0 Å². The van der Waals surface area contributed by atoms with Crippen LogP contribution in [0, 0.1) is 0 Å². The molecule has 0 aromatic carbocycles. The molecule has 3 rings (SSSR count). The van der Waals surface area contributed by atoms with Gasteiger partial charge in [0.1, 0.15) is 0 Å². The number of aromatic nitrogens is 1. The lowest BCUT2D eigenvalue weighted by Gasteiger charge is -2.21. The molecule has 124 valence electrons. The number of carbonyl (C=O) groups is 1. The largest absolute Gasteiger partial charge is 0.350 e. The Morgan fingerprint density at radius 2 is 1.92 bits per heavy atom. The second-order valence-electron chi connectivity index (χ2n) is 5.34. The molecule has 0 atom stereocenters. The Morgan fingerprint density at radius 1 is 1.04 bits per heavy atom. The lowest BCUT2D eigenvalue weighted by Crippen LogP contribution is -2.34.